The third-order valence-electron chi connectivity index (χ3n) is 7.83. The highest BCUT2D eigenvalue weighted by atomic mass is 32.2. The summed E-state index contributed by atoms with van der Waals surface area (Å²) in [4.78, 5) is 2.44. The van der Waals surface area contributed by atoms with E-state index in [0.717, 1.165) is 5.88 Å². The van der Waals surface area contributed by atoms with Gasteiger partial charge in [-0.3, -0.25) is 0 Å². The van der Waals surface area contributed by atoms with Crippen LogP contribution in [-0.4, -0.2) is 5.88 Å². The molecular formula is C37H49NS. The summed E-state index contributed by atoms with van der Waals surface area (Å²) in [6, 6.07) is 21.4. The zero-order valence-electron chi connectivity index (χ0n) is 26.4. The highest BCUT2D eigenvalue weighted by Gasteiger charge is 2.26. The molecule has 4 rings (SSSR count). The first-order valence-corrected chi connectivity index (χ1v) is 15.4. The summed E-state index contributed by atoms with van der Waals surface area (Å²) in [6.07, 6.45) is 2.25. The Balaban J connectivity index is 2.06. The Morgan fingerprint density at radius 3 is 1.18 bits per heavy atom. The fourth-order valence-corrected chi connectivity index (χ4v) is 5.73. The molecule has 1 heterocycles. The molecule has 0 bridgehead atoms. The van der Waals surface area contributed by atoms with Gasteiger partial charge in [-0.2, -0.15) is 0 Å². The Bertz CT molecular complexity index is 1220. The summed E-state index contributed by atoms with van der Waals surface area (Å²) < 4.78 is 0. The SMILES string of the molecule is CC(C)(C)c1cc(-c2cccc(-c3cc(C(C)(C)C)cc(C(C)(C)C)c3)c2N2C=CSC2)cc(C(C)(C)C)c1. The van der Waals surface area contributed by atoms with E-state index in [0.29, 0.717) is 0 Å². The lowest BCUT2D eigenvalue weighted by molar-refractivity contribution is 0.568. The van der Waals surface area contributed by atoms with Crippen molar-refractivity contribution in [2.45, 2.75) is 105 Å². The molecule has 3 aromatic rings. The number of hydrogen-bond donors (Lipinski definition) is 0. The van der Waals surface area contributed by atoms with Crippen LogP contribution in [0.15, 0.2) is 66.2 Å². The lowest BCUT2D eigenvalue weighted by Crippen LogP contribution is -2.18. The van der Waals surface area contributed by atoms with Gasteiger partial charge in [-0.1, -0.05) is 138 Å². The minimum absolute atomic E-state index is 0.0693. The minimum atomic E-state index is 0.0693. The van der Waals surface area contributed by atoms with Gasteiger partial charge in [0.15, 0.2) is 0 Å². The number of hydrogen-bond acceptors (Lipinski definition) is 2. The molecular weight excluding hydrogens is 490 g/mol. The summed E-state index contributed by atoms with van der Waals surface area (Å²) in [6.45, 7) is 27.9. The maximum Gasteiger partial charge on any atom is 0.0724 e. The summed E-state index contributed by atoms with van der Waals surface area (Å²) in [5.74, 6) is 0.931. The fourth-order valence-electron chi connectivity index (χ4n) is 5.04. The number of benzene rings is 3. The number of rotatable bonds is 3. The van der Waals surface area contributed by atoms with Gasteiger partial charge in [-0.15, -0.1) is 11.8 Å². The predicted molar refractivity (Wildman–Crippen MR) is 176 cm³/mol. The maximum absolute atomic E-state index is 2.44. The van der Waals surface area contributed by atoms with E-state index in [2.05, 4.69) is 154 Å². The average Bonchev–Trinajstić information content (AvgIpc) is 3.35. The highest BCUT2D eigenvalue weighted by Crippen LogP contribution is 2.45. The molecule has 0 fully saturated rings. The molecule has 0 N–H and O–H groups in total. The first-order chi connectivity index (χ1) is 17.9. The molecule has 3 aromatic carbocycles. The second-order valence-corrected chi connectivity index (χ2v) is 16.2. The molecule has 0 atom stereocenters. The van der Waals surface area contributed by atoms with Crippen molar-refractivity contribution in [1.29, 1.82) is 0 Å². The third kappa shape index (κ3) is 6.49. The fraction of sp³-hybridized carbons (Fsp3) is 0.459. The normalized spacial score (nSPS) is 14.8. The molecule has 0 saturated carbocycles. The number of nitrogens with zero attached hydrogens (tertiary/aromatic N) is 1. The molecule has 39 heavy (non-hydrogen) atoms. The van der Waals surface area contributed by atoms with Gasteiger partial charge in [-0.05, 0) is 60.4 Å². The van der Waals surface area contributed by atoms with Crippen LogP contribution < -0.4 is 4.90 Å². The smallest absolute Gasteiger partial charge is 0.0724 e. The molecule has 2 heteroatoms. The number of anilines is 1. The topological polar surface area (TPSA) is 3.24 Å². The third-order valence-corrected chi connectivity index (χ3v) is 8.57. The van der Waals surface area contributed by atoms with Crippen LogP contribution >= 0.6 is 11.8 Å². The zero-order chi connectivity index (χ0) is 29.0. The van der Waals surface area contributed by atoms with Gasteiger partial charge < -0.3 is 4.90 Å². The van der Waals surface area contributed by atoms with Crippen LogP contribution in [0.4, 0.5) is 5.69 Å². The van der Waals surface area contributed by atoms with Crippen LogP contribution in [-0.2, 0) is 21.7 Å². The molecule has 1 aliphatic heterocycles. The Hall–Kier alpha value is -2.45. The molecule has 1 nitrogen and oxygen atoms in total. The van der Waals surface area contributed by atoms with Crippen molar-refractivity contribution >= 4 is 17.4 Å². The van der Waals surface area contributed by atoms with Crippen molar-refractivity contribution in [1.82, 2.24) is 0 Å². The molecule has 0 amide bonds. The molecule has 0 spiro atoms. The standard InChI is InChI=1S/C37H49NS/c1-34(2,3)27-18-25(19-28(22-27)35(4,5)6)31-14-13-15-32(33(31)38-16-17-39-24-38)26-20-29(36(7,8)9)23-30(21-26)37(10,11)12/h13-23H,24H2,1-12H3. The van der Waals surface area contributed by atoms with Crippen molar-refractivity contribution in [2.24, 2.45) is 0 Å². The van der Waals surface area contributed by atoms with E-state index in [1.807, 2.05) is 11.8 Å². The number of para-hydroxylation sites is 1. The van der Waals surface area contributed by atoms with Crippen LogP contribution in [0.3, 0.4) is 0 Å². The molecule has 0 radical (unpaired) electrons. The van der Waals surface area contributed by atoms with Gasteiger partial charge in [-0.25, -0.2) is 0 Å². The second kappa shape index (κ2) is 10.2. The van der Waals surface area contributed by atoms with Gasteiger partial charge in [0.2, 0.25) is 0 Å². The summed E-state index contributed by atoms with van der Waals surface area (Å²) in [5.41, 5.74) is 12.3. The zero-order valence-corrected chi connectivity index (χ0v) is 27.2. The van der Waals surface area contributed by atoms with Crippen molar-refractivity contribution in [3.63, 3.8) is 0 Å². The monoisotopic (exact) mass is 539 g/mol. The summed E-state index contributed by atoms with van der Waals surface area (Å²) in [7, 11) is 0. The van der Waals surface area contributed by atoms with E-state index in [9.17, 15) is 0 Å². The number of thioether (sulfide) groups is 1. The molecule has 208 valence electrons. The Kier molecular flexibility index (Phi) is 7.71. The quantitative estimate of drug-likeness (QED) is 0.325. The van der Waals surface area contributed by atoms with Crippen molar-refractivity contribution < 1.29 is 0 Å². The Morgan fingerprint density at radius 2 is 0.897 bits per heavy atom. The van der Waals surface area contributed by atoms with Crippen molar-refractivity contribution in [3.8, 4) is 22.3 Å². The van der Waals surface area contributed by atoms with E-state index in [-0.39, 0.29) is 21.7 Å². The highest BCUT2D eigenvalue weighted by molar-refractivity contribution is 8.02. The van der Waals surface area contributed by atoms with Crippen molar-refractivity contribution in [2.75, 3.05) is 10.8 Å². The van der Waals surface area contributed by atoms with Gasteiger partial charge in [0, 0.05) is 17.3 Å². The second-order valence-electron chi connectivity index (χ2n) is 15.4. The summed E-state index contributed by atoms with van der Waals surface area (Å²) >= 11 is 1.86. The molecule has 0 unspecified atom stereocenters. The lowest BCUT2D eigenvalue weighted by atomic mass is 9.77. The van der Waals surface area contributed by atoms with Crippen LogP contribution in [0.5, 0.6) is 0 Å². The van der Waals surface area contributed by atoms with Gasteiger partial charge in [0.1, 0.15) is 0 Å². The van der Waals surface area contributed by atoms with Crippen LogP contribution in [0.1, 0.15) is 105 Å². The van der Waals surface area contributed by atoms with Gasteiger partial charge in [0.05, 0.1) is 11.6 Å². The van der Waals surface area contributed by atoms with Crippen LogP contribution in [0.25, 0.3) is 22.3 Å². The molecule has 0 aromatic heterocycles. The van der Waals surface area contributed by atoms with E-state index in [1.54, 1.807) is 0 Å². The van der Waals surface area contributed by atoms with Gasteiger partial charge in [0.25, 0.3) is 0 Å². The van der Waals surface area contributed by atoms with Gasteiger partial charge >= 0.3 is 0 Å². The lowest BCUT2D eigenvalue weighted by Gasteiger charge is -2.29. The van der Waals surface area contributed by atoms with E-state index < -0.39 is 0 Å². The molecule has 1 aliphatic rings. The first kappa shape index (κ1) is 29.5. The molecule has 0 saturated heterocycles. The van der Waals surface area contributed by atoms with E-state index >= 15 is 0 Å². The molecule has 0 aliphatic carbocycles. The van der Waals surface area contributed by atoms with E-state index in [4.69, 9.17) is 0 Å². The summed E-state index contributed by atoms with van der Waals surface area (Å²) in [5, 5.41) is 2.22. The largest absolute Gasteiger partial charge is 0.336 e. The van der Waals surface area contributed by atoms with Crippen molar-refractivity contribution in [3.05, 3.63) is 88.5 Å². The average molecular weight is 540 g/mol. The van der Waals surface area contributed by atoms with Crippen LogP contribution in [0.2, 0.25) is 0 Å². The minimum Gasteiger partial charge on any atom is -0.336 e. The Labute approximate surface area is 243 Å². The first-order valence-electron chi connectivity index (χ1n) is 14.4. The maximum atomic E-state index is 2.44. The van der Waals surface area contributed by atoms with E-state index in [1.165, 1.54) is 50.2 Å². The Morgan fingerprint density at radius 1 is 0.538 bits per heavy atom. The van der Waals surface area contributed by atoms with Crippen LogP contribution in [0, 0.1) is 0 Å². The predicted octanol–water partition coefficient (Wildman–Crippen LogP) is 11.2.